The van der Waals surface area contributed by atoms with Crippen LogP contribution < -0.4 is 0 Å². The number of piperidine rings is 1. The molecule has 6 heteroatoms. The molecular weight excluding hydrogens is 358 g/mol. The third-order valence-corrected chi connectivity index (χ3v) is 5.85. The van der Waals surface area contributed by atoms with Crippen molar-refractivity contribution in [1.82, 2.24) is 4.90 Å². The maximum absolute atomic E-state index is 12.1. The lowest BCUT2D eigenvalue weighted by Crippen LogP contribution is -2.39. The largest absolute Gasteiger partial charge is 0.393 e. The van der Waals surface area contributed by atoms with Crippen molar-refractivity contribution in [3.63, 3.8) is 0 Å². The Labute approximate surface area is 115 Å². The predicted octanol–water partition coefficient (Wildman–Crippen LogP) is 2.87. The van der Waals surface area contributed by atoms with Crippen LogP contribution in [-0.4, -0.2) is 35.1 Å². The third-order valence-electron chi connectivity index (χ3n) is 2.61. The van der Waals surface area contributed by atoms with Crippen LogP contribution in [0.2, 0.25) is 0 Å². The number of hydrogen-bond acceptors (Lipinski definition) is 3. The van der Waals surface area contributed by atoms with E-state index in [0.717, 1.165) is 13.1 Å². The van der Waals surface area contributed by atoms with Crippen molar-refractivity contribution in [2.75, 3.05) is 13.1 Å². The fourth-order valence-corrected chi connectivity index (χ4v) is 3.68. The Kier molecular flexibility index (Phi) is 4.05. The normalized spacial score (nSPS) is 17.8. The zero-order chi connectivity index (χ0) is 11.7. The predicted molar refractivity (Wildman–Crippen MR) is 70.9 cm³/mol. The summed E-state index contributed by atoms with van der Waals surface area (Å²) < 4.78 is 1.85. The minimum absolute atomic E-state index is 0.0586. The maximum Gasteiger partial charge on any atom is 0.264 e. The number of thiophene rings is 1. The van der Waals surface area contributed by atoms with Gasteiger partial charge in [0.2, 0.25) is 0 Å². The summed E-state index contributed by atoms with van der Waals surface area (Å²) in [5, 5.41) is 9.38. The Morgan fingerprint density at radius 1 is 1.44 bits per heavy atom. The molecule has 1 N–H and O–H groups in total. The standard InChI is InChI=1S/C10H11Br2NO2S/c11-7-5-8(16-9(7)12)10(15)13-3-1-6(14)2-4-13/h5-6,14H,1-4H2. The van der Waals surface area contributed by atoms with Gasteiger partial charge in [0.15, 0.2) is 0 Å². The van der Waals surface area contributed by atoms with Gasteiger partial charge in [0, 0.05) is 17.6 Å². The molecule has 0 atom stereocenters. The summed E-state index contributed by atoms with van der Waals surface area (Å²) in [7, 11) is 0. The van der Waals surface area contributed by atoms with Crippen LogP contribution >= 0.6 is 43.2 Å². The molecule has 0 aliphatic carbocycles. The Hall–Kier alpha value is 0.0900. The second-order valence-corrected chi connectivity index (χ2v) is 6.98. The minimum atomic E-state index is -0.245. The van der Waals surface area contributed by atoms with E-state index in [4.69, 9.17) is 0 Å². The van der Waals surface area contributed by atoms with Gasteiger partial charge in [-0.1, -0.05) is 0 Å². The summed E-state index contributed by atoms with van der Waals surface area (Å²) >= 11 is 8.18. The fraction of sp³-hybridized carbons (Fsp3) is 0.500. The summed E-state index contributed by atoms with van der Waals surface area (Å²) in [6, 6.07) is 1.84. The highest BCUT2D eigenvalue weighted by Gasteiger charge is 2.23. The molecule has 1 amide bonds. The van der Waals surface area contributed by atoms with Crippen LogP contribution in [0.5, 0.6) is 0 Å². The molecule has 0 aromatic carbocycles. The summed E-state index contributed by atoms with van der Waals surface area (Å²) in [6.45, 7) is 1.29. The first-order chi connectivity index (χ1) is 7.58. The number of rotatable bonds is 1. The molecule has 0 saturated carbocycles. The molecule has 0 spiro atoms. The lowest BCUT2D eigenvalue weighted by atomic mass is 10.1. The average molecular weight is 369 g/mol. The van der Waals surface area contributed by atoms with Crippen molar-refractivity contribution in [3.05, 3.63) is 19.2 Å². The quantitative estimate of drug-likeness (QED) is 0.827. The van der Waals surface area contributed by atoms with E-state index in [9.17, 15) is 9.90 Å². The van der Waals surface area contributed by atoms with Gasteiger partial charge in [-0.25, -0.2) is 0 Å². The van der Waals surface area contributed by atoms with Crippen molar-refractivity contribution in [3.8, 4) is 0 Å². The molecule has 2 heterocycles. The number of carbonyl (C=O) groups excluding carboxylic acids is 1. The highest BCUT2D eigenvalue weighted by Crippen LogP contribution is 2.33. The first-order valence-electron chi connectivity index (χ1n) is 5.00. The third kappa shape index (κ3) is 2.67. The van der Waals surface area contributed by atoms with Crippen molar-refractivity contribution in [2.45, 2.75) is 18.9 Å². The van der Waals surface area contributed by atoms with Crippen LogP contribution in [0.1, 0.15) is 22.5 Å². The molecule has 3 nitrogen and oxygen atoms in total. The molecule has 0 bridgehead atoms. The van der Waals surface area contributed by atoms with Crippen molar-refractivity contribution in [1.29, 1.82) is 0 Å². The smallest absolute Gasteiger partial charge is 0.264 e. The first kappa shape index (κ1) is 12.5. The Morgan fingerprint density at radius 3 is 2.56 bits per heavy atom. The van der Waals surface area contributed by atoms with Gasteiger partial charge in [-0.15, -0.1) is 11.3 Å². The molecule has 1 aliphatic heterocycles. The van der Waals surface area contributed by atoms with Gasteiger partial charge in [0.05, 0.1) is 14.8 Å². The summed E-state index contributed by atoms with van der Waals surface area (Å²) in [5.74, 6) is 0.0586. The molecule has 2 rings (SSSR count). The van der Waals surface area contributed by atoms with Gasteiger partial charge < -0.3 is 10.0 Å². The van der Waals surface area contributed by atoms with E-state index in [-0.39, 0.29) is 12.0 Å². The van der Waals surface area contributed by atoms with E-state index in [1.165, 1.54) is 11.3 Å². The number of likely N-dealkylation sites (tertiary alicyclic amines) is 1. The van der Waals surface area contributed by atoms with E-state index in [1.54, 1.807) is 4.90 Å². The van der Waals surface area contributed by atoms with Crippen LogP contribution in [0.4, 0.5) is 0 Å². The molecule has 1 saturated heterocycles. The summed E-state index contributed by atoms with van der Waals surface area (Å²) in [5.41, 5.74) is 0. The summed E-state index contributed by atoms with van der Waals surface area (Å²) in [6.07, 6.45) is 1.12. The SMILES string of the molecule is O=C(c1cc(Br)c(Br)s1)N1CCC(O)CC1. The average Bonchev–Trinajstić information content (AvgIpc) is 2.59. The number of aliphatic hydroxyl groups is 1. The van der Waals surface area contributed by atoms with Gasteiger partial charge in [-0.3, -0.25) is 4.79 Å². The van der Waals surface area contributed by atoms with Gasteiger partial charge >= 0.3 is 0 Å². The number of hydrogen-bond donors (Lipinski definition) is 1. The van der Waals surface area contributed by atoms with Gasteiger partial charge in [-0.05, 0) is 50.8 Å². The van der Waals surface area contributed by atoms with Crippen molar-refractivity contribution in [2.24, 2.45) is 0 Å². The van der Waals surface area contributed by atoms with E-state index < -0.39 is 0 Å². The monoisotopic (exact) mass is 367 g/mol. The molecule has 1 fully saturated rings. The number of amides is 1. The van der Waals surface area contributed by atoms with Crippen LogP contribution in [0.15, 0.2) is 14.3 Å². The maximum atomic E-state index is 12.1. The van der Waals surface area contributed by atoms with Gasteiger partial charge in [-0.2, -0.15) is 0 Å². The minimum Gasteiger partial charge on any atom is -0.393 e. The number of carbonyl (C=O) groups is 1. The second kappa shape index (κ2) is 5.16. The van der Waals surface area contributed by atoms with Crippen LogP contribution in [0.3, 0.4) is 0 Å². The Bertz CT molecular complexity index is 380. The highest BCUT2D eigenvalue weighted by molar-refractivity contribution is 9.13. The zero-order valence-electron chi connectivity index (χ0n) is 8.45. The number of nitrogens with zero attached hydrogens (tertiary/aromatic N) is 1. The van der Waals surface area contributed by atoms with Crippen LogP contribution in [0.25, 0.3) is 0 Å². The van der Waals surface area contributed by atoms with Crippen LogP contribution in [-0.2, 0) is 0 Å². The highest BCUT2D eigenvalue weighted by atomic mass is 79.9. The Balaban J connectivity index is 2.07. The molecular formula is C10H11Br2NO2S. The van der Waals surface area contributed by atoms with Gasteiger partial charge in [0.1, 0.15) is 0 Å². The lowest BCUT2D eigenvalue weighted by molar-refractivity contribution is 0.0550. The number of aliphatic hydroxyl groups excluding tert-OH is 1. The number of halogens is 2. The molecule has 16 heavy (non-hydrogen) atoms. The molecule has 1 aliphatic rings. The van der Waals surface area contributed by atoms with E-state index in [0.29, 0.717) is 25.9 Å². The molecule has 88 valence electrons. The van der Waals surface area contributed by atoms with Gasteiger partial charge in [0.25, 0.3) is 5.91 Å². The first-order valence-corrected chi connectivity index (χ1v) is 7.40. The fourth-order valence-electron chi connectivity index (χ4n) is 1.68. The van der Waals surface area contributed by atoms with Crippen molar-refractivity contribution >= 4 is 49.1 Å². The van der Waals surface area contributed by atoms with Crippen molar-refractivity contribution < 1.29 is 9.90 Å². The van der Waals surface area contributed by atoms with E-state index in [2.05, 4.69) is 31.9 Å². The molecule has 0 unspecified atom stereocenters. The van der Waals surface area contributed by atoms with Crippen LogP contribution in [0, 0.1) is 0 Å². The van der Waals surface area contributed by atoms with E-state index in [1.807, 2.05) is 6.07 Å². The summed E-state index contributed by atoms with van der Waals surface area (Å²) in [4.78, 5) is 14.6. The Morgan fingerprint density at radius 2 is 2.06 bits per heavy atom. The molecule has 0 radical (unpaired) electrons. The molecule has 1 aromatic rings. The zero-order valence-corrected chi connectivity index (χ0v) is 12.4. The topological polar surface area (TPSA) is 40.5 Å². The molecule has 1 aromatic heterocycles. The second-order valence-electron chi connectivity index (χ2n) is 3.76. The lowest BCUT2D eigenvalue weighted by Gasteiger charge is -2.29. The van der Waals surface area contributed by atoms with E-state index >= 15 is 0 Å².